The monoisotopic (exact) mass is 309 g/mol. The molecule has 3 aromatic rings. The third kappa shape index (κ3) is 3.21. The Balaban J connectivity index is 1.71. The summed E-state index contributed by atoms with van der Waals surface area (Å²) in [7, 11) is 0. The summed E-state index contributed by atoms with van der Waals surface area (Å²) in [6, 6.07) is 18.5. The van der Waals surface area contributed by atoms with Crippen LogP contribution in [0, 0.1) is 0 Å². The zero-order valence-corrected chi connectivity index (χ0v) is 12.6. The van der Waals surface area contributed by atoms with Gasteiger partial charge in [0.2, 0.25) is 5.91 Å². The number of benzene rings is 2. The molecule has 22 heavy (non-hydrogen) atoms. The lowest BCUT2D eigenvalue weighted by atomic mass is 10.1. The molecule has 1 heterocycles. The first-order valence-electron chi connectivity index (χ1n) is 6.86. The highest BCUT2D eigenvalue weighted by atomic mass is 32.1. The molecule has 1 aromatic heterocycles. The highest BCUT2D eigenvalue weighted by molar-refractivity contribution is 7.19. The van der Waals surface area contributed by atoms with Gasteiger partial charge in [-0.25, -0.2) is 4.98 Å². The van der Waals surface area contributed by atoms with E-state index < -0.39 is 6.04 Å². The van der Waals surface area contributed by atoms with Crippen molar-refractivity contribution in [2.45, 2.75) is 6.04 Å². The highest BCUT2D eigenvalue weighted by Crippen LogP contribution is 2.28. The predicted octanol–water partition coefficient (Wildman–Crippen LogP) is 3.45. The predicted molar refractivity (Wildman–Crippen MR) is 89.6 cm³/mol. The first-order valence-corrected chi connectivity index (χ1v) is 7.68. The summed E-state index contributed by atoms with van der Waals surface area (Å²) in [6.07, 6.45) is 1.66. The van der Waals surface area contributed by atoms with Gasteiger partial charge in [-0.2, -0.15) is 0 Å². The second-order valence-electron chi connectivity index (χ2n) is 4.77. The minimum absolute atomic E-state index is 0.241. The molecule has 0 spiro atoms. The van der Waals surface area contributed by atoms with Gasteiger partial charge in [-0.3, -0.25) is 4.79 Å². The summed E-state index contributed by atoms with van der Waals surface area (Å²) >= 11 is 1.43. The number of nitrogens with one attached hydrogen (secondary N) is 1. The number of aromatic nitrogens is 1. The third-order valence-corrected chi connectivity index (χ3v) is 4.18. The molecular formula is C17H15N3OS. The van der Waals surface area contributed by atoms with E-state index in [0.29, 0.717) is 5.00 Å². The number of rotatable bonds is 4. The molecule has 4 nitrogen and oxygen atoms in total. The largest absolute Gasteiger partial charge is 0.316 e. The fourth-order valence-corrected chi connectivity index (χ4v) is 2.88. The average Bonchev–Trinajstić information content (AvgIpc) is 3.04. The lowest BCUT2D eigenvalue weighted by molar-refractivity contribution is -0.117. The second-order valence-corrected chi connectivity index (χ2v) is 5.80. The number of nitrogens with two attached hydrogens (primary N) is 1. The van der Waals surface area contributed by atoms with Gasteiger partial charge < -0.3 is 11.1 Å². The first-order chi connectivity index (χ1) is 10.7. The van der Waals surface area contributed by atoms with Gasteiger partial charge in [0, 0.05) is 5.56 Å². The van der Waals surface area contributed by atoms with Crippen molar-refractivity contribution in [3.8, 4) is 10.6 Å². The quantitative estimate of drug-likeness (QED) is 0.775. The van der Waals surface area contributed by atoms with Crippen molar-refractivity contribution >= 4 is 22.2 Å². The van der Waals surface area contributed by atoms with Crippen molar-refractivity contribution in [1.29, 1.82) is 0 Å². The molecule has 0 saturated heterocycles. The molecule has 1 amide bonds. The standard InChI is InChI=1S/C17H15N3OS/c18-15(12-7-3-1-4-8-12)16(21)20-14-11-19-17(22-14)13-9-5-2-6-10-13/h1-11,15H,18H2,(H,20,21)/t15-/m0/s1. The van der Waals surface area contributed by atoms with Crippen LogP contribution in [-0.4, -0.2) is 10.9 Å². The Hall–Kier alpha value is -2.50. The van der Waals surface area contributed by atoms with Gasteiger partial charge in [0.15, 0.2) is 0 Å². The first kappa shape index (κ1) is 14.4. The van der Waals surface area contributed by atoms with E-state index in [1.165, 1.54) is 11.3 Å². The molecule has 0 aliphatic heterocycles. The molecule has 2 aromatic carbocycles. The molecule has 3 N–H and O–H groups in total. The van der Waals surface area contributed by atoms with Gasteiger partial charge in [-0.1, -0.05) is 72.0 Å². The summed E-state index contributed by atoms with van der Waals surface area (Å²) < 4.78 is 0. The van der Waals surface area contributed by atoms with E-state index in [2.05, 4.69) is 10.3 Å². The van der Waals surface area contributed by atoms with E-state index in [1.54, 1.807) is 6.20 Å². The van der Waals surface area contributed by atoms with Gasteiger partial charge in [-0.05, 0) is 5.56 Å². The van der Waals surface area contributed by atoms with Crippen molar-refractivity contribution in [2.75, 3.05) is 5.32 Å². The smallest absolute Gasteiger partial charge is 0.246 e. The van der Waals surface area contributed by atoms with Gasteiger partial charge in [0.1, 0.15) is 16.1 Å². The van der Waals surface area contributed by atoms with Crippen molar-refractivity contribution in [1.82, 2.24) is 4.98 Å². The topological polar surface area (TPSA) is 68.0 Å². The Bertz CT molecular complexity index is 756. The maximum Gasteiger partial charge on any atom is 0.246 e. The fraction of sp³-hybridized carbons (Fsp3) is 0.0588. The Morgan fingerprint density at radius 1 is 1.05 bits per heavy atom. The minimum Gasteiger partial charge on any atom is -0.316 e. The Morgan fingerprint density at radius 2 is 1.68 bits per heavy atom. The molecule has 5 heteroatoms. The summed E-state index contributed by atoms with van der Waals surface area (Å²) in [5.41, 5.74) is 7.79. The zero-order valence-electron chi connectivity index (χ0n) is 11.8. The summed E-state index contributed by atoms with van der Waals surface area (Å²) in [6.45, 7) is 0. The second kappa shape index (κ2) is 6.51. The lowest BCUT2D eigenvalue weighted by Gasteiger charge is -2.10. The molecule has 0 unspecified atom stereocenters. The summed E-state index contributed by atoms with van der Waals surface area (Å²) in [4.78, 5) is 16.5. The highest BCUT2D eigenvalue weighted by Gasteiger charge is 2.16. The molecule has 0 aliphatic carbocycles. The number of hydrogen-bond donors (Lipinski definition) is 2. The van der Waals surface area contributed by atoms with Crippen LogP contribution in [0.3, 0.4) is 0 Å². The number of carbonyl (C=O) groups is 1. The normalized spacial score (nSPS) is 11.9. The van der Waals surface area contributed by atoms with E-state index >= 15 is 0 Å². The number of thiazole rings is 1. The van der Waals surface area contributed by atoms with Crippen LogP contribution in [0.4, 0.5) is 5.00 Å². The molecule has 0 bridgehead atoms. The molecule has 3 rings (SSSR count). The number of nitrogens with zero attached hydrogens (tertiary/aromatic N) is 1. The van der Waals surface area contributed by atoms with E-state index in [1.807, 2.05) is 60.7 Å². The van der Waals surface area contributed by atoms with E-state index in [-0.39, 0.29) is 5.91 Å². The maximum atomic E-state index is 12.2. The number of carbonyl (C=O) groups excluding carboxylic acids is 1. The molecule has 1 atom stereocenters. The van der Waals surface area contributed by atoms with Crippen LogP contribution >= 0.6 is 11.3 Å². The SMILES string of the molecule is N[C@H](C(=O)Nc1cnc(-c2ccccc2)s1)c1ccccc1. The minimum atomic E-state index is -0.691. The summed E-state index contributed by atoms with van der Waals surface area (Å²) in [5.74, 6) is -0.241. The molecular weight excluding hydrogens is 294 g/mol. The van der Waals surface area contributed by atoms with Crippen LogP contribution in [0.25, 0.3) is 10.6 Å². The Morgan fingerprint density at radius 3 is 2.36 bits per heavy atom. The van der Waals surface area contributed by atoms with Gasteiger partial charge in [0.25, 0.3) is 0 Å². The summed E-state index contributed by atoms with van der Waals surface area (Å²) in [5, 5.41) is 4.38. The fourth-order valence-electron chi connectivity index (χ4n) is 2.06. The third-order valence-electron chi connectivity index (χ3n) is 3.21. The number of hydrogen-bond acceptors (Lipinski definition) is 4. The van der Waals surface area contributed by atoms with E-state index in [9.17, 15) is 4.79 Å². The molecule has 0 fully saturated rings. The Kier molecular flexibility index (Phi) is 4.27. The Labute approximate surface area is 132 Å². The van der Waals surface area contributed by atoms with Gasteiger partial charge >= 0.3 is 0 Å². The van der Waals surface area contributed by atoms with Crippen LogP contribution in [0.2, 0.25) is 0 Å². The molecule has 0 saturated carbocycles. The van der Waals surface area contributed by atoms with Crippen LogP contribution in [0.1, 0.15) is 11.6 Å². The van der Waals surface area contributed by atoms with Crippen LogP contribution in [0.5, 0.6) is 0 Å². The van der Waals surface area contributed by atoms with Crippen molar-refractivity contribution in [3.05, 3.63) is 72.4 Å². The maximum absolute atomic E-state index is 12.2. The molecule has 110 valence electrons. The van der Waals surface area contributed by atoms with Crippen LogP contribution < -0.4 is 11.1 Å². The van der Waals surface area contributed by atoms with E-state index in [4.69, 9.17) is 5.73 Å². The van der Waals surface area contributed by atoms with Gasteiger partial charge in [0.05, 0.1) is 6.20 Å². The lowest BCUT2D eigenvalue weighted by Crippen LogP contribution is -2.27. The molecule has 0 aliphatic rings. The van der Waals surface area contributed by atoms with Crippen molar-refractivity contribution in [2.24, 2.45) is 5.73 Å². The molecule has 0 radical (unpaired) electrons. The van der Waals surface area contributed by atoms with E-state index in [0.717, 1.165) is 16.1 Å². The van der Waals surface area contributed by atoms with Crippen molar-refractivity contribution < 1.29 is 4.79 Å². The number of anilines is 1. The zero-order chi connectivity index (χ0) is 15.4. The van der Waals surface area contributed by atoms with Gasteiger partial charge in [-0.15, -0.1) is 0 Å². The van der Waals surface area contributed by atoms with Crippen LogP contribution in [-0.2, 0) is 4.79 Å². The average molecular weight is 309 g/mol. The van der Waals surface area contributed by atoms with Crippen LogP contribution in [0.15, 0.2) is 66.9 Å². The number of amides is 1. The van der Waals surface area contributed by atoms with Crippen molar-refractivity contribution in [3.63, 3.8) is 0 Å².